The van der Waals surface area contributed by atoms with E-state index in [1.165, 1.54) is 0 Å². The van der Waals surface area contributed by atoms with Crippen LogP contribution in [0.25, 0.3) is 0 Å². The molecule has 0 aliphatic carbocycles. The molecule has 0 fully saturated rings. The first-order chi connectivity index (χ1) is 9.61. The first-order valence-corrected chi connectivity index (χ1v) is 7.07. The highest BCUT2D eigenvalue weighted by Crippen LogP contribution is 2.31. The minimum absolute atomic E-state index is 0.190. The Labute approximate surface area is 127 Å². The third kappa shape index (κ3) is 3.49. The number of rotatable bonds is 5. The zero-order chi connectivity index (χ0) is 14.5. The highest BCUT2D eigenvalue weighted by atomic mass is 79.9. The number of hydrogen-bond donors (Lipinski definition) is 1. The highest BCUT2D eigenvalue weighted by molar-refractivity contribution is 9.10. The molecule has 106 valence electrons. The van der Waals surface area contributed by atoms with Crippen molar-refractivity contribution in [2.75, 3.05) is 7.11 Å². The number of ether oxygens (including phenoxy) is 2. The fourth-order valence-electron chi connectivity index (χ4n) is 1.96. The quantitative estimate of drug-likeness (QED) is 0.909. The summed E-state index contributed by atoms with van der Waals surface area (Å²) in [6, 6.07) is 9.38. The van der Waals surface area contributed by atoms with E-state index < -0.39 is 0 Å². The summed E-state index contributed by atoms with van der Waals surface area (Å²) in [5.41, 5.74) is 6.99. The van der Waals surface area contributed by atoms with Crippen molar-refractivity contribution in [2.24, 2.45) is 5.73 Å². The number of hydrogen-bond acceptors (Lipinski definition) is 4. The van der Waals surface area contributed by atoms with Crippen molar-refractivity contribution in [1.29, 1.82) is 0 Å². The van der Waals surface area contributed by atoms with Crippen LogP contribution < -0.4 is 15.2 Å². The van der Waals surface area contributed by atoms with Gasteiger partial charge in [-0.05, 0) is 35.0 Å². The molecule has 0 aliphatic rings. The van der Waals surface area contributed by atoms with E-state index in [1.54, 1.807) is 19.5 Å². The lowest BCUT2D eigenvalue weighted by Crippen LogP contribution is -2.29. The maximum Gasteiger partial charge on any atom is 0.142 e. The van der Waals surface area contributed by atoms with Crippen molar-refractivity contribution >= 4 is 15.9 Å². The summed E-state index contributed by atoms with van der Waals surface area (Å²) in [4.78, 5) is 4.09. The van der Waals surface area contributed by atoms with Gasteiger partial charge in [-0.25, -0.2) is 0 Å². The molecule has 1 aromatic heterocycles. The summed E-state index contributed by atoms with van der Waals surface area (Å²) in [5, 5.41) is 0. The SMILES string of the molecule is COc1ccccc1C(Oc1cncc(Br)c1)C(C)N. The minimum Gasteiger partial charge on any atom is -0.496 e. The van der Waals surface area contributed by atoms with Crippen molar-refractivity contribution in [1.82, 2.24) is 4.98 Å². The van der Waals surface area contributed by atoms with E-state index in [2.05, 4.69) is 20.9 Å². The highest BCUT2D eigenvalue weighted by Gasteiger charge is 2.22. The molecule has 2 atom stereocenters. The lowest BCUT2D eigenvalue weighted by molar-refractivity contribution is 0.175. The van der Waals surface area contributed by atoms with Crippen LogP contribution in [-0.4, -0.2) is 18.1 Å². The van der Waals surface area contributed by atoms with Gasteiger partial charge in [-0.3, -0.25) is 4.98 Å². The second kappa shape index (κ2) is 6.72. The molecule has 2 rings (SSSR count). The summed E-state index contributed by atoms with van der Waals surface area (Å²) in [5.74, 6) is 1.42. The first kappa shape index (κ1) is 14.8. The average Bonchev–Trinajstić information content (AvgIpc) is 2.44. The standard InChI is InChI=1S/C15H17BrN2O2/c1-10(17)15(13-5-3-4-6-14(13)19-2)20-12-7-11(16)8-18-9-12/h3-10,15H,17H2,1-2H3. The molecule has 4 nitrogen and oxygen atoms in total. The van der Waals surface area contributed by atoms with E-state index in [9.17, 15) is 0 Å². The van der Waals surface area contributed by atoms with Gasteiger partial charge in [0, 0.05) is 22.3 Å². The Balaban J connectivity index is 2.32. The molecule has 2 aromatic rings. The van der Waals surface area contributed by atoms with Gasteiger partial charge in [0.2, 0.25) is 0 Å². The van der Waals surface area contributed by atoms with E-state index >= 15 is 0 Å². The molecule has 1 heterocycles. The summed E-state index contributed by atoms with van der Waals surface area (Å²) >= 11 is 3.38. The van der Waals surface area contributed by atoms with Crippen molar-refractivity contribution in [3.63, 3.8) is 0 Å². The first-order valence-electron chi connectivity index (χ1n) is 6.27. The fourth-order valence-corrected chi connectivity index (χ4v) is 2.30. The smallest absolute Gasteiger partial charge is 0.142 e. The Bertz CT molecular complexity index is 575. The van der Waals surface area contributed by atoms with Crippen LogP contribution in [0.3, 0.4) is 0 Å². The van der Waals surface area contributed by atoms with Gasteiger partial charge >= 0.3 is 0 Å². The summed E-state index contributed by atoms with van der Waals surface area (Å²) in [7, 11) is 1.64. The van der Waals surface area contributed by atoms with Crippen molar-refractivity contribution < 1.29 is 9.47 Å². The van der Waals surface area contributed by atoms with Crippen LogP contribution in [0.5, 0.6) is 11.5 Å². The van der Waals surface area contributed by atoms with E-state index in [0.29, 0.717) is 5.75 Å². The van der Waals surface area contributed by atoms with Crippen LogP contribution in [0, 0.1) is 0 Å². The Hall–Kier alpha value is -1.59. The van der Waals surface area contributed by atoms with Gasteiger partial charge in [0.15, 0.2) is 0 Å². The number of methoxy groups -OCH3 is 1. The fraction of sp³-hybridized carbons (Fsp3) is 0.267. The molecule has 0 aliphatic heterocycles. The summed E-state index contributed by atoms with van der Waals surface area (Å²) in [6.07, 6.45) is 3.06. The lowest BCUT2D eigenvalue weighted by Gasteiger charge is -2.24. The number of aromatic nitrogens is 1. The lowest BCUT2D eigenvalue weighted by atomic mass is 10.0. The molecule has 5 heteroatoms. The normalized spacial score (nSPS) is 13.6. The van der Waals surface area contributed by atoms with E-state index in [1.807, 2.05) is 37.3 Å². The van der Waals surface area contributed by atoms with Gasteiger partial charge in [-0.2, -0.15) is 0 Å². The maximum atomic E-state index is 6.07. The number of halogens is 1. The van der Waals surface area contributed by atoms with E-state index in [4.69, 9.17) is 15.2 Å². The van der Waals surface area contributed by atoms with Gasteiger partial charge < -0.3 is 15.2 Å². The molecule has 0 saturated heterocycles. The largest absolute Gasteiger partial charge is 0.496 e. The van der Waals surface area contributed by atoms with Gasteiger partial charge in [-0.15, -0.1) is 0 Å². The van der Waals surface area contributed by atoms with Crippen molar-refractivity contribution in [3.05, 3.63) is 52.8 Å². The predicted molar refractivity (Wildman–Crippen MR) is 81.9 cm³/mol. The van der Waals surface area contributed by atoms with Crippen LogP contribution in [0.15, 0.2) is 47.2 Å². The van der Waals surface area contributed by atoms with Crippen LogP contribution in [0.1, 0.15) is 18.6 Å². The second-order valence-corrected chi connectivity index (χ2v) is 5.39. The van der Waals surface area contributed by atoms with Crippen molar-refractivity contribution in [3.8, 4) is 11.5 Å². The Morgan fingerprint density at radius 1 is 1.25 bits per heavy atom. The van der Waals surface area contributed by atoms with Gasteiger partial charge in [0.1, 0.15) is 17.6 Å². The number of nitrogens with zero attached hydrogens (tertiary/aromatic N) is 1. The zero-order valence-corrected chi connectivity index (χ0v) is 13.0. The maximum absolute atomic E-state index is 6.07. The third-order valence-corrected chi connectivity index (χ3v) is 3.30. The topological polar surface area (TPSA) is 57.4 Å². The molecule has 2 N–H and O–H groups in total. The second-order valence-electron chi connectivity index (χ2n) is 4.48. The molecule has 0 spiro atoms. The molecular formula is C15H17BrN2O2. The predicted octanol–water partition coefficient (Wildman–Crippen LogP) is 3.32. The molecule has 0 amide bonds. The molecule has 20 heavy (non-hydrogen) atoms. The minimum atomic E-state index is -0.303. The van der Waals surface area contributed by atoms with Gasteiger partial charge in [0.25, 0.3) is 0 Å². The summed E-state index contributed by atoms with van der Waals surface area (Å²) < 4.78 is 12.2. The zero-order valence-electron chi connectivity index (χ0n) is 11.4. The van der Waals surface area contributed by atoms with Crippen molar-refractivity contribution in [2.45, 2.75) is 19.1 Å². The molecule has 0 bridgehead atoms. The Morgan fingerprint density at radius 2 is 2.00 bits per heavy atom. The summed E-state index contributed by atoms with van der Waals surface area (Å²) in [6.45, 7) is 1.91. The monoisotopic (exact) mass is 336 g/mol. The van der Waals surface area contributed by atoms with E-state index in [0.717, 1.165) is 15.8 Å². The van der Waals surface area contributed by atoms with Gasteiger partial charge in [0.05, 0.1) is 13.3 Å². The number of benzene rings is 1. The molecule has 0 radical (unpaired) electrons. The third-order valence-electron chi connectivity index (χ3n) is 2.87. The molecule has 0 saturated carbocycles. The Kier molecular flexibility index (Phi) is 4.98. The van der Waals surface area contributed by atoms with Gasteiger partial charge in [-0.1, -0.05) is 18.2 Å². The molecule has 1 aromatic carbocycles. The van der Waals surface area contributed by atoms with Crippen LogP contribution in [-0.2, 0) is 0 Å². The number of para-hydroxylation sites is 1. The number of pyridine rings is 1. The van der Waals surface area contributed by atoms with Crippen LogP contribution in [0.4, 0.5) is 0 Å². The van der Waals surface area contributed by atoms with E-state index in [-0.39, 0.29) is 12.1 Å². The number of nitrogens with two attached hydrogens (primary N) is 1. The molecule has 2 unspecified atom stereocenters. The van der Waals surface area contributed by atoms with Crippen LogP contribution in [0.2, 0.25) is 0 Å². The molecular weight excluding hydrogens is 320 g/mol. The van der Waals surface area contributed by atoms with Crippen LogP contribution >= 0.6 is 15.9 Å². The average molecular weight is 337 g/mol. The Morgan fingerprint density at radius 3 is 2.65 bits per heavy atom.